The number of imide groups is 1. The van der Waals surface area contributed by atoms with Crippen molar-refractivity contribution in [3.63, 3.8) is 0 Å². The zero-order chi connectivity index (χ0) is 25.9. The van der Waals surface area contributed by atoms with E-state index in [2.05, 4.69) is 95.7 Å². The second-order valence-corrected chi connectivity index (χ2v) is 9.98. The molecule has 3 amide bonds. The smallest absolute Gasteiger partial charge is 0.325 e. The van der Waals surface area contributed by atoms with E-state index in [1.165, 1.54) is 27.2 Å². The van der Waals surface area contributed by atoms with Crippen LogP contribution in [0.4, 0.5) is 4.79 Å². The van der Waals surface area contributed by atoms with Crippen molar-refractivity contribution >= 4 is 17.8 Å². The van der Waals surface area contributed by atoms with Gasteiger partial charge in [-0.2, -0.15) is 0 Å². The number of aryl methyl sites for hydroxylation is 2. The molecule has 2 unspecified atom stereocenters. The van der Waals surface area contributed by atoms with E-state index < -0.39 is 18.2 Å². The highest BCUT2D eigenvalue weighted by Gasteiger charge is 2.48. The fraction of sp³-hybridized carbons (Fsp3) is 0.300. The lowest BCUT2D eigenvalue weighted by Gasteiger charge is -2.37. The Kier molecular flexibility index (Phi) is 7.06. The maximum absolute atomic E-state index is 13.1. The molecule has 2 heterocycles. The number of carbonyl (C=O) groups excluding carboxylic acids is 2. The average Bonchev–Trinajstić information content (AvgIpc) is 3.24. The summed E-state index contributed by atoms with van der Waals surface area (Å²) in [4.78, 5) is 36.5. The molecule has 37 heavy (non-hydrogen) atoms. The Labute approximate surface area is 218 Å². The Hall–Kier alpha value is -3.97. The summed E-state index contributed by atoms with van der Waals surface area (Å²) in [5, 5.41) is 2.52. The molecular weight excluding hydrogens is 462 g/mol. The summed E-state index contributed by atoms with van der Waals surface area (Å²) >= 11 is 0. The number of amidine groups is 1. The van der Waals surface area contributed by atoms with Crippen molar-refractivity contribution in [1.29, 1.82) is 0 Å². The fourth-order valence-corrected chi connectivity index (χ4v) is 5.11. The standard InChI is InChI=1S/C30H33N5O2/c1-21-14-15-22(2)25(16-21)19-35-26(31-28-27(35)29(36)32-30(37)33(28)3)20-34(17-23-10-6-4-7-11-23)18-24-12-8-5-9-13-24/h4-16,27-28H,17-20H2,1-3H3,(H,32,36,37). The number of fused-ring (bicyclic) bond motifs is 1. The van der Waals surface area contributed by atoms with Crippen LogP contribution in [-0.2, 0) is 24.4 Å². The van der Waals surface area contributed by atoms with Gasteiger partial charge in [-0.3, -0.25) is 15.0 Å². The number of likely N-dealkylation sites (N-methyl/N-ethyl adjacent to an activating group) is 1. The first kappa shape index (κ1) is 24.7. The number of aliphatic imine (C=N–C) groups is 1. The van der Waals surface area contributed by atoms with Crippen molar-refractivity contribution in [2.75, 3.05) is 13.6 Å². The normalized spacial score (nSPS) is 19.2. The van der Waals surface area contributed by atoms with Crippen LogP contribution in [0.1, 0.15) is 27.8 Å². The molecule has 7 nitrogen and oxygen atoms in total. The van der Waals surface area contributed by atoms with Crippen LogP contribution in [0.3, 0.4) is 0 Å². The van der Waals surface area contributed by atoms with Crippen LogP contribution >= 0.6 is 0 Å². The predicted molar refractivity (Wildman–Crippen MR) is 145 cm³/mol. The Bertz CT molecular complexity index is 1270. The van der Waals surface area contributed by atoms with E-state index in [-0.39, 0.29) is 5.91 Å². The summed E-state index contributed by atoms with van der Waals surface area (Å²) in [5.74, 6) is 0.522. The number of hydrogen-bond donors (Lipinski definition) is 1. The molecule has 1 saturated heterocycles. The van der Waals surface area contributed by atoms with Gasteiger partial charge in [0.2, 0.25) is 0 Å². The van der Waals surface area contributed by atoms with Crippen LogP contribution in [0.25, 0.3) is 0 Å². The number of urea groups is 1. The highest BCUT2D eigenvalue weighted by molar-refractivity contribution is 6.04. The van der Waals surface area contributed by atoms with Gasteiger partial charge in [-0.1, -0.05) is 84.4 Å². The van der Waals surface area contributed by atoms with Crippen molar-refractivity contribution < 1.29 is 9.59 Å². The summed E-state index contributed by atoms with van der Waals surface area (Å²) < 4.78 is 0. The van der Waals surface area contributed by atoms with Crippen molar-refractivity contribution in [2.45, 2.75) is 45.7 Å². The van der Waals surface area contributed by atoms with E-state index in [1.807, 2.05) is 12.1 Å². The van der Waals surface area contributed by atoms with Gasteiger partial charge in [-0.25, -0.2) is 9.79 Å². The van der Waals surface area contributed by atoms with Crippen LogP contribution in [0.5, 0.6) is 0 Å². The quantitative estimate of drug-likeness (QED) is 0.511. The number of amides is 3. The summed E-state index contributed by atoms with van der Waals surface area (Å²) in [6, 6.07) is 26.2. The van der Waals surface area contributed by atoms with Crippen LogP contribution in [-0.4, -0.2) is 58.3 Å². The molecule has 0 spiro atoms. The summed E-state index contributed by atoms with van der Waals surface area (Å²) in [5.41, 5.74) is 5.91. The minimum atomic E-state index is -0.562. The summed E-state index contributed by atoms with van der Waals surface area (Å²) in [6.07, 6.45) is -0.545. The second kappa shape index (κ2) is 10.6. The van der Waals surface area contributed by atoms with E-state index in [4.69, 9.17) is 4.99 Å². The SMILES string of the molecule is Cc1ccc(C)c(CN2C(CN(Cc3ccccc3)Cc3ccccc3)=NC3C2C(=O)NC(=O)N3C)c1. The van der Waals surface area contributed by atoms with E-state index in [1.54, 1.807) is 7.05 Å². The van der Waals surface area contributed by atoms with Gasteiger partial charge in [0.05, 0.1) is 6.54 Å². The maximum Gasteiger partial charge on any atom is 0.325 e. The lowest BCUT2D eigenvalue weighted by atomic mass is 10.0. The lowest BCUT2D eigenvalue weighted by Crippen LogP contribution is -2.63. The van der Waals surface area contributed by atoms with Crippen molar-refractivity contribution in [3.8, 4) is 0 Å². The molecule has 3 aromatic carbocycles. The Morgan fingerprint density at radius 1 is 0.865 bits per heavy atom. The molecule has 0 aliphatic carbocycles. The minimum Gasteiger partial charge on any atom is -0.339 e. The van der Waals surface area contributed by atoms with E-state index in [0.717, 1.165) is 24.5 Å². The summed E-state index contributed by atoms with van der Waals surface area (Å²) in [6.45, 7) is 6.74. The van der Waals surface area contributed by atoms with Crippen LogP contribution < -0.4 is 5.32 Å². The molecule has 7 heteroatoms. The Morgan fingerprint density at radius 3 is 2.11 bits per heavy atom. The molecule has 2 aliphatic heterocycles. The molecule has 0 radical (unpaired) electrons. The monoisotopic (exact) mass is 495 g/mol. The largest absolute Gasteiger partial charge is 0.339 e. The maximum atomic E-state index is 13.1. The molecule has 5 rings (SSSR count). The Balaban J connectivity index is 1.48. The third-order valence-corrected chi connectivity index (χ3v) is 7.16. The molecule has 0 saturated carbocycles. The van der Waals surface area contributed by atoms with Crippen LogP contribution in [0.2, 0.25) is 0 Å². The Morgan fingerprint density at radius 2 is 1.49 bits per heavy atom. The number of benzene rings is 3. The zero-order valence-corrected chi connectivity index (χ0v) is 21.6. The first-order chi connectivity index (χ1) is 17.9. The van der Waals surface area contributed by atoms with Crippen molar-refractivity contribution in [3.05, 3.63) is 107 Å². The minimum absolute atomic E-state index is 0.296. The summed E-state index contributed by atoms with van der Waals surface area (Å²) in [7, 11) is 1.70. The van der Waals surface area contributed by atoms with Crippen LogP contribution in [0, 0.1) is 13.8 Å². The highest BCUT2D eigenvalue weighted by atomic mass is 16.2. The van der Waals surface area contributed by atoms with Gasteiger partial charge in [0.1, 0.15) is 5.84 Å². The number of hydrogen-bond acceptors (Lipinski definition) is 5. The lowest BCUT2D eigenvalue weighted by molar-refractivity contribution is -0.127. The molecule has 2 aliphatic rings. The van der Waals surface area contributed by atoms with Crippen LogP contribution in [0.15, 0.2) is 83.9 Å². The van der Waals surface area contributed by atoms with Crippen molar-refractivity contribution in [2.24, 2.45) is 4.99 Å². The van der Waals surface area contributed by atoms with Gasteiger partial charge in [0, 0.05) is 26.7 Å². The van der Waals surface area contributed by atoms with Gasteiger partial charge in [0.25, 0.3) is 5.91 Å². The first-order valence-electron chi connectivity index (χ1n) is 12.7. The number of rotatable bonds is 8. The second-order valence-electron chi connectivity index (χ2n) is 9.98. The predicted octanol–water partition coefficient (Wildman–Crippen LogP) is 4.10. The molecule has 3 aromatic rings. The van der Waals surface area contributed by atoms with E-state index in [0.29, 0.717) is 13.1 Å². The highest BCUT2D eigenvalue weighted by Crippen LogP contribution is 2.28. The molecule has 2 atom stereocenters. The molecule has 1 N–H and O–H groups in total. The van der Waals surface area contributed by atoms with Crippen molar-refractivity contribution in [1.82, 2.24) is 20.0 Å². The fourth-order valence-electron chi connectivity index (χ4n) is 5.11. The molecule has 1 fully saturated rings. The molecule has 0 aromatic heterocycles. The zero-order valence-electron chi connectivity index (χ0n) is 21.6. The first-order valence-corrected chi connectivity index (χ1v) is 12.7. The van der Waals surface area contributed by atoms with Gasteiger partial charge >= 0.3 is 6.03 Å². The third kappa shape index (κ3) is 5.42. The number of nitrogens with zero attached hydrogens (tertiary/aromatic N) is 4. The molecule has 0 bridgehead atoms. The van der Waals surface area contributed by atoms with Gasteiger partial charge < -0.3 is 9.80 Å². The topological polar surface area (TPSA) is 68.2 Å². The molecular formula is C30H33N5O2. The van der Waals surface area contributed by atoms with Gasteiger partial charge in [0.15, 0.2) is 12.2 Å². The van der Waals surface area contributed by atoms with E-state index >= 15 is 0 Å². The number of carbonyl (C=O) groups is 2. The average molecular weight is 496 g/mol. The third-order valence-electron chi connectivity index (χ3n) is 7.16. The number of nitrogens with one attached hydrogen (secondary N) is 1. The molecule has 190 valence electrons. The van der Waals surface area contributed by atoms with Gasteiger partial charge in [-0.05, 0) is 36.1 Å². The van der Waals surface area contributed by atoms with E-state index in [9.17, 15) is 9.59 Å². The van der Waals surface area contributed by atoms with Gasteiger partial charge in [-0.15, -0.1) is 0 Å².